The van der Waals surface area contributed by atoms with Crippen LogP contribution in [0.2, 0.25) is 0 Å². The summed E-state index contributed by atoms with van der Waals surface area (Å²) in [5, 5.41) is 28.3. The van der Waals surface area contributed by atoms with Crippen LogP contribution in [0, 0.1) is 5.92 Å². The Morgan fingerprint density at radius 3 is 2.22 bits per heavy atom. The van der Waals surface area contributed by atoms with E-state index in [0.717, 1.165) is 16.5 Å². The lowest BCUT2D eigenvalue weighted by atomic mass is 9.98. The highest BCUT2D eigenvalue weighted by molar-refractivity contribution is 5.94. The van der Waals surface area contributed by atoms with Gasteiger partial charge in [0.05, 0.1) is 6.04 Å². The maximum absolute atomic E-state index is 13.7. The molecule has 14 nitrogen and oxygen atoms in total. The van der Waals surface area contributed by atoms with Crippen molar-refractivity contribution in [1.82, 2.24) is 20.9 Å². The average molecular weight is 637 g/mol. The van der Waals surface area contributed by atoms with Crippen molar-refractivity contribution in [3.05, 3.63) is 65.9 Å². The number of hydrogen-bond donors (Lipinski definition) is 9. The molecule has 3 rings (SSSR count). The summed E-state index contributed by atoms with van der Waals surface area (Å²) in [6.45, 7) is 3.70. The van der Waals surface area contributed by atoms with Crippen LogP contribution < -0.4 is 33.2 Å². The molecule has 2 aromatic carbocycles. The summed E-state index contributed by atoms with van der Waals surface area (Å²) in [7, 11) is 0. The third-order valence-corrected chi connectivity index (χ3v) is 7.82. The summed E-state index contributed by atoms with van der Waals surface area (Å²) in [5.74, 6) is -3.65. The number of nitrogens with zero attached hydrogens (tertiary/aromatic N) is 1. The zero-order valence-corrected chi connectivity index (χ0v) is 26.0. The Hall–Kier alpha value is -5.11. The number of fused-ring (bicyclic) bond motifs is 1. The van der Waals surface area contributed by atoms with Gasteiger partial charge in [0.1, 0.15) is 23.9 Å². The molecule has 0 aliphatic rings. The van der Waals surface area contributed by atoms with Gasteiger partial charge in [0, 0.05) is 30.1 Å². The van der Waals surface area contributed by atoms with Gasteiger partial charge in [0.15, 0.2) is 5.96 Å². The molecule has 0 aliphatic carbocycles. The zero-order chi connectivity index (χ0) is 33.8. The van der Waals surface area contributed by atoms with E-state index in [0.29, 0.717) is 18.4 Å². The Balaban J connectivity index is 1.81. The SMILES string of the molecule is CCC(C)C(NC(=O)C(Cc1ccc(O)cc1)NC(=O)C(CCCN=C(N)N)NC(=O)C(N)Cc1c[nH]c2ccccc12)C(=O)O. The van der Waals surface area contributed by atoms with E-state index in [9.17, 15) is 29.4 Å². The molecule has 0 saturated heterocycles. The number of phenolic OH excluding ortho intramolecular Hbond substituents is 1. The van der Waals surface area contributed by atoms with Crippen molar-refractivity contribution in [2.24, 2.45) is 28.1 Å². The number of aliphatic imine (C=N–C) groups is 1. The number of aromatic hydroxyl groups is 1. The van der Waals surface area contributed by atoms with Crippen LogP contribution in [0.25, 0.3) is 10.9 Å². The number of nitrogens with one attached hydrogen (secondary N) is 4. The summed E-state index contributed by atoms with van der Waals surface area (Å²) < 4.78 is 0. The average Bonchev–Trinajstić information content (AvgIpc) is 3.43. The number of aromatic amines is 1. The zero-order valence-electron chi connectivity index (χ0n) is 26.0. The quantitative estimate of drug-likeness (QED) is 0.0571. The van der Waals surface area contributed by atoms with Gasteiger partial charge in [-0.2, -0.15) is 0 Å². The number of rotatable bonds is 17. The van der Waals surface area contributed by atoms with Crippen LogP contribution in [-0.4, -0.2) is 75.6 Å². The molecule has 5 unspecified atom stereocenters. The lowest BCUT2D eigenvalue weighted by Crippen LogP contribution is -2.58. The lowest BCUT2D eigenvalue weighted by molar-refractivity contribution is -0.143. The first-order chi connectivity index (χ1) is 21.9. The molecule has 3 aromatic rings. The number of carboxylic acid groups (broad SMARTS) is 1. The molecule has 46 heavy (non-hydrogen) atoms. The number of phenols is 1. The van der Waals surface area contributed by atoms with E-state index in [-0.39, 0.29) is 43.4 Å². The van der Waals surface area contributed by atoms with Gasteiger partial charge in [0.2, 0.25) is 17.7 Å². The lowest BCUT2D eigenvalue weighted by Gasteiger charge is -2.26. The van der Waals surface area contributed by atoms with Crippen LogP contribution in [0.5, 0.6) is 5.75 Å². The second kappa shape index (κ2) is 16.8. The topological polar surface area (TPSA) is 251 Å². The fourth-order valence-electron chi connectivity index (χ4n) is 4.97. The summed E-state index contributed by atoms with van der Waals surface area (Å²) >= 11 is 0. The van der Waals surface area contributed by atoms with E-state index in [1.165, 1.54) is 12.1 Å². The minimum atomic E-state index is -1.21. The number of carbonyl (C=O) groups excluding carboxylic acids is 3. The monoisotopic (exact) mass is 636 g/mol. The summed E-state index contributed by atoms with van der Waals surface area (Å²) in [6.07, 6.45) is 2.91. The van der Waals surface area contributed by atoms with Crippen molar-refractivity contribution in [3.63, 3.8) is 0 Å². The predicted octanol–water partition coefficient (Wildman–Crippen LogP) is 0.625. The normalized spacial score (nSPS) is 14.3. The van der Waals surface area contributed by atoms with Crippen LogP contribution in [0.1, 0.15) is 44.2 Å². The number of amides is 3. The third-order valence-electron chi connectivity index (χ3n) is 7.82. The van der Waals surface area contributed by atoms with E-state index in [4.69, 9.17) is 17.2 Å². The number of aromatic nitrogens is 1. The largest absolute Gasteiger partial charge is 0.508 e. The molecule has 5 atom stereocenters. The van der Waals surface area contributed by atoms with Crippen LogP contribution >= 0.6 is 0 Å². The highest BCUT2D eigenvalue weighted by Gasteiger charge is 2.32. The summed E-state index contributed by atoms with van der Waals surface area (Å²) in [4.78, 5) is 59.4. The van der Waals surface area contributed by atoms with Gasteiger partial charge in [-0.05, 0) is 54.5 Å². The number of para-hydroxylation sites is 1. The molecular weight excluding hydrogens is 592 g/mol. The second-order valence-corrected chi connectivity index (χ2v) is 11.3. The molecule has 3 amide bonds. The van der Waals surface area contributed by atoms with Gasteiger partial charge in [-0.15, -0.1) is 0 Å². The number of benzene rings is 2. The molecule has 0 saturated carbocycles. The Bertz CT molecular complexity index is 1520. The molecular formula is C32H44N8O6. The molecule has 1 heterocycles. The third kappa shape index (κ3) is 10.2. The Morgan fingerprint density at radius 2 is 1.57 bits per heavy atom. The fourth-order valence-corrected chi connectivity index (χ4v) is 4.97. The van der Waals surface area contributed by atoms with E-state index in [2.05, 4.69) is 25.9 Å². The highest BCUT2D eigenvalue weighted by atomic mass is 16.4. The van der Waals surface area contributed by atoms with Crippen LogP contribution in [-0.2, 0) is 32.0 Å². The number of carbonyl (C=O) groups is 4. The number of carboxylic acids is 1. The first-order valence-corrected chi connectivity index (χ1v) is 15.2. The van der Waals surface area contributed by atoms with Crippen LogP contribution in [0.4, 0.5) is 0 Å². The second-order valence-electron chi connectivity index (χ2n) is 11.3. The first kappa shape index (κ1) is 35.4. The Morgan fingerprint density at radius 1 is 0.913 bits per heavy atom. The predicted molar refractivity (Wildman–Crippen MR) is 175 cm³/mol. The maximum Gasteiger partial charge on any atom is 0.326 e. The van der Waals surface area contributed by atoms with E-state index >= 15 is 0 Å². The number of hydrogen-bond acceptors (Lipinski definition) is 7. The van der Waals surface area contributed by atoms with E-state index in [1.54, 1.807) is 32.2 Å². The molecule has 0 spiro atoms. The maximum atomic E-state index is 13.7. The number of nitrogens with two attached hydrogens (primary N) is 3. The summed E-state index contributed by atoms with van der Waals surface area (Å²) in [6, 6.07) is 9.15. The summed E-state index contributed by atoms with van der Waals surface area (Å²) in [5.41, 5.74) is 19.5. The standard InChI is InChI=1S/C32H44N8O6/c1-3-18(2)27(31(45)46)40-30(44)26(15-19-10-12-21(41)13-11-19)39-29(43)25(9-6-14-36-32(34)35)38-28(42)23(33)16-20-17-37-24-8-5-4-7-22(20)24/h4-5,7-8,10-13,17-18,23,25-27,37,41H,3,6,9,14-16,33H2,1-2H3,(H,38,42)(H,39,43)(H,40,44)(H,45,46)(H4,34,35,36). The Kier molecular flexibility index (Phi) is 12.9. The molecule has 1 aromatic heterocycles. The fraction of sp³-hybridized carbons (Fsp3) is 0.406. The molecule has 248 valence electrons. The van der Waals surface area contributed by atoms with Gasteiger partial charge in [-0.3, -0.25) is 19.4 Å². The minimum absolute atomic E-state index is 0.0144. The van der Waals surface area contributed by atoms with Gasteiger partial charge >= 0.3 is 5.97 Å². The highest BCUT2D eigenvalue weighted by Crippen LogP contribution is 2.19. The molecule has 0 bridgehead atoms. The van der Waals surface area contributed by atoms with E-state index in [1.807, 2.05) is 24.3 Å². The van der Waals surface area contributed by atoms with Crippen molar-refractivity contribution in [2.45, 2.75) is 70.1 Å². The minimum Gasteiger partial charge on any atom is -0.508 e. The van der Waals surface area contributed by atoms with Gasteiger partial charge in [-0.1, -0.05) is 50.6 Å². The van der Waals surface area contributed by atoms with Crippen molar-refractivity contribution < 1.29 is 29.4 Å². The van der Waals surface area contributed by atoms with Gasteiger partial charge in [0.25, 0.3) is 0 Å². The number of guanidine groups is 1. The van der Waals surface area contributed by atoms with Gasteiger partial charge in [-0.25, -0.2) is 4.79 Å². The van der Waals surface area contributed by atoms with Crippen LogP contribution in [0.3, 0.4) is 0 Å². The van der Waals surface area contributed by atoms with Gasteiger partial charge < -0.3 is 48.3 Å². The Labute approximate surface area is 267 Å². The van der Waals surface area contributed by atoms with Crippen molar-refractivity contribution in [3.8, 4) is 5.75 Å². The van der Waals surface area contributed by atoms with E-state index < -0.39 is 47.9 Å². The molecule has 0 aliphatic heterocycles. The van der Waals surface area contributed by atoms with Crippen molar-refractivity contribution >= 4 is 40.6 Å². The smallest absolute Gasteiger partial charge is 0.326 e. The molecule has 12 N–H and O–H groups in total. The molecule has 0 radical (unpaired) electrons. The number of aliphatic carboxylic acids is 1. The van der Waals surface area contributed by atoms with Crippen molar-refractivity contribution in [2.75, 3.05) is 6.54 Å². The van der Waals surface area contributed by atoms with Crippen molar-refractivity contribution in [1.29, 1.82) is 0 Å². The molecule has 14 heteroatoms. The molecule has 0 fully saturated rings. The van der Waals surface area contributed by atoms with Crippen LogP contribution in [0.15, 0.2) is 59.7 Å². The first-order valence-electron chi connectivity index (χ1n) is 15.2. The number of H-pyrrole nitrogens is 1.